The molecule has 0 amide bonds. The topological polar surface area (TPSA) is 17.0 Å². The molecule has 1 aliphatic rings. The van der Waals surface area contributed by atoms with E-state index in [1.165, 1.54) is 6.07 Å². The Morgan fingerprint density at radius 2 is 2.00 bits per heavy atom. The Kier molecular flexibility index (Phi) is 2.19. The quantitative estimate of drug-likeness (QED) is 0.749. The maximum absolute atomic E-state index is 12.6. The zero-order valence-corrected chi connectivity index (χ0v) is 9.01. The van der Waals surface area contributed by atoms with Gasteiger partial charge in [-0.25, -0.2) is 0 Å². The van der Waals surface area contributed by atoms with Crippen molar-refractivity contribution in [1.29, 1.82) is 0 Å². The average Bonchev–Trinajstić information content (AvgIpc) is 2.65. The summed E-state index contributed by atoms with van der Waals surface area (Å²) < 4.78 is 39.9. The van der Waals surface area contributed by atoms with E-state index in [1.807, 2.05) is 10.6 Å². The molecule has 2 aromatic rings. The van der Waals surface area contributed by atoms with Crippen molar-refractivity contribution in [2.45, 2.75) is 19.3 Å². The van der Waals surface area contributed by atoms with Gasteiger partial charge < -0.3 is 9.88 Å². The smallest absolute Gasteiger partial charge is 0.342 e. The highest BCUT2D eigenvalue weighted by molar-refractivity contribution is 5.82. The van der Waals surface area contributed by atoms with Gasteiger partial charge >= 0.3 is 6.18 Å². The third-order valence-electron chi connectivity index (χ3n) is 3.14. The number of benzene rings is 1. The molecule has 2 nitrogen and oxygen atoms in total. The van der Waals surface area contributed by atoms with Crippen LogP contribution in [0, 0.1) is 0 Å². The van der Waals surface area contributed by atoms with Gasteiger partial charge in [0.05, 0.1) is 5.56 Å². The van der Waals surface area contributed by atoms with Crippen molar-refractivity contribution in [2.75, 3.05) is 6.54 Å². The van der Waals surface area contributed by atoms with Crippen molar-refractivity contribution in [1.82, 2.24) is 9.88 Å². The lowest BCUT2D eigenvalue weighted by Crippen LogP contribution is -2.27. The highest BCUT2D eigenvalue weighted by Crippen LogP contribution is 2.32. The number of nitrogens with zero attached hydrogens (tertiary/aromatic N) is 1. The molecule has 0 saturated carbocycles. The first-order chi connectivity index (χ1) is 8.05. The Morgan fingerprint density at radius 1 is 1.18 bits per heavy atom. The van der Waals surface area contributed by atoms with E-state index in [2.05, 4.69) is 5.32 Å². The van der Waals surface area contributed by atoms with Gasteiger partial charge in [0.1, 0.15) is 0 Å². The second-order valence-corrected chi connectivity index (χ2v) is 4.24. The van der Waals surface area contributed by atoms with E-state index >= 15 is 0 Å². The molecule has 0 bridgehead atoms. The third-order valence-corrected chi connectivity index (χ3v) is 3.14. The molecule has 90 valence electrons. The summed E-state index contributed by atoms with van der Waals surface area (Å²) in [4.78, 5) is 0. The first-order valence-corrected chi connectivity index (χ1v) is 5.46. The zero-order valence-electron chi connectivity index (χ0n) is 9.01. The molecule has 1 aromatic carbocycles. The molecule has 0 atom stereocenters. The largest absolute Gasteiger partial charge is 0.416 e. The minimum atomic E-state index is -4.27. The third kappa shape index (κ3) is 1.70. The summed E-state index contributed by atoms with van der Waals surface area (Å²) in [6, 6.07) is 5.87. The number of aromatic nitrogens is 1. The van der Waals surface area contributed by atoms with Gasteiger partial charge in [-0.2, -0.15) is 13.2 Å². The summed E-state index contributed by atoms with van der Waals surface area (Å²) >= 11 is 0. The van der Waals surface area contributed by atoms with Crippen molar-refractivity contribution in [3.05, 3.63) is 35.5 Å². The van der Waals surface area contributed by atoms with Crippen LogP contribution in [0.5, 0.6) is 0 Å². The molecular weight excluding hydrogens is 229 g/mol. The highest BCUT2D eigenvalue weighted by Gasteiger charge is 2.31. The van der Waals surface area contributed by atoms with Crippen molar-refractivity contribution < 1.29 is 13.2 Å². The summed E-state index contributed by atoms with van der Waals surface area (Å²) in [5.74, 6) is 0. The molecule has 1 aromatic heterocycles. The Bertz CT molecular complexity index is 569. The van der Waals surface area contributed by atoms with E-state index in [0.29, 0.717) is 5.52 Å². The second-order valence-electron chi connectivity index (χ2n) is 4.24. The van der Waals surface area contributed by atoms with Crippen molar-refractivity contribution in [2.24, 2.45) is 0 Å². The lowest BCUT2D eigenvalue weighted by Gasteiger charge is -2.17. The molecule has 0 saturated heterocycles. The molecule has 2 heterocycles. The summed E-state index contributed by atoms with van der Waals surface area (Å²) in [7, 11) is 0. The van der Waals surface area contributed by atoms with Gasteiger partial charge in [0.2, 0.25) is 0 Å². The standard InChI is InChI=1S/C12H11F3N2/c13-12(14,15)9-2-1-8-5-10-7-16-3-4-17(10)11(8)6-9/h1-2,5-6,16H,3-4,7H2. The SMILES string of the molecule is FC(F)(F)c1ccc2cc3n(c2c1)CCNC3. The minimum Gasteiger partial charge on any atom is -0.342 e. The van der Waals surface area contributed by atoms with Crippen LogP contribution in [0.15, 0.2) is 24.3 Å². The van der Waals surface area contributed by atoms with Gasteiger partial charge in [0.25, 0.3) is 0 Å². The fourth-order valence-electron chi connectivity index (χ4n) is 2.31. The molecule has 3 rings (SSSR count). The van der Waals surface area contributed by atoms with Crippen LogP contribution >= 0.6 is 0 Å². The molecular formula is C12H11F3N2. The molecule has 0 aliphatic carbocycles. The van der Waals surface area contributed by atoms with E-state index in [4.69, 9.17) is 0 Å². The Labute approximate surface area is 96.0 Å². The predicted molar refractivity (Wildman–Crippen MR) is 58.6 cm³/mol. The van der Waals surface area contributed by atoms with Gasteiger partial charge in [-0.1, -0.05) is 6.07 Å². The maximum atomic E-state index is 12.6. The van der Waals surface area contributed by atoms with Crippen LogP contribution in [-0.2, 0) is 19.3 Å². The average molecular weight is 240 g/mol. The first-order valence-electron chi connectivity index (χ1n) is 5.46. The van der Waals surface area contributed by atoms with Crippen LogP contribution in [0.1, 0.15) is 11.3 Å². The number of rotatable bonds is 0. The zero-order chi connectivity index (χ0) is 12.0. The number of alkyl halides is 3. The van der Waals surface area contributed by atoms with Gasteiger partial charge in [0.15, 0.2) is 0 Å². The second kappa shape index (κ2) is 3.50. The van der Waals surface area contributed by atoms with Crippen LogP contribution in [0.3, 0.4) is 0 Å². The maximum Gasteiger partial charge on any atom is 0.416 e. The number of hydrogen-bond acceptors (Lipinski definition) is 1. The molecule has 0 spiro atoms. The predicted octanol–water partition coefficient (Wildman–Crippen LogP) is 2.76. The molecule has 1 aliphatic heterocycles. The van der Waals surface area contributed by atoms with Gasteiger partial charge in [-0.3, -0.25) is 0 Å². The van der Waals surface area contributed by atoms with Crippen LogP contribution < -0.4 is 5.32 Å². The highest BCUT2D eigenvalue weighted by atomic mass is 19.4. The molecule has 1 N–H and O–H groups in total. The van der Waals surface area contributed by atoms with Crippen molar-refractivity contribution >= 4 is 10.9 Å². The number of fused-ring (bicyclic) bond motifs is 3. The molecule has 17 heavy (non-hydrogen) atoms. The van der Waals surface area contributed by atoms with Crippen LogP contribution in [0.4, 0.5) is 13.2 Å². The van der Waals surface area contributed by atoms with Gasteiger partial charge in [-0.05, 0) is 23.6 Å². The number of nitrogens with one attached hydrogen (secondary N) is 1. The van der Waals surface area contributed by atoms with Crippen LogP contribution in [0.25, 0.3) is 10.9 Å². The van der Waals surface area contributed by atoms with Gasteiger partial charge in [0, 0.05) is 30.8 Å². The monoisotopic (exact) mass is 240 g/mol. The van der Waals surface area contributed by atoms with E-state index < -0.39 is 11.7 Å². The van der Waals surface area contributed by atoms with Crippen LogP contribution in [0.2, 0.25) is 0 Å². The Hall–Kier alpha value is -1.49. The Morgan fingerprint density at radius 3 is 2.76 bits per heavy atom. The number of hydrogen-bond donors (Lipinski definition) is 1. The Balaban J connectivity index is 2.21. The van der Waals surface area contributed by atoms with E-state index in [1.54, 1.807) is 6.07 Å². The lowest BCUT2D eigenvalue weighted by atomic mass is 10.1. The minimum absolute atomic E-state index is 0.579. The van der Waals surface area contributed by atoms with Crippen molar-refractivity contribution in [3.8, 4) is 0 Å². The molecule has 5 heteroatoms. The van der Waals surface area contributed by atoms with Crippen LogP contribution in [-0.4, -0.2) is 11.1 Å². The fraction of sp³-hybridized carbons (Fsp3) is 0.333. The van der Waals surface area contributed by atoms with Gasteiger partial charge in [-0.15, -0.1) is 0 Å². The van der Waals surface area contributed by atoms with E-state index in [9.17, 15) is 13.2 Å². The summed E-state index contributed by atoms with van der Waals surface area (Å²) in [6.07, 6.45) is -4.27. The normalized spacial score (nSPS) is 16.2. The summed E-state index contributed by atoms with van der Waals surface area (Å²) in [5.41, 5.74) is 1.14. The molecule has 0 unspecified atom stereocenters. The number of halogens is 3. The van der Waals surface area contributed by atoms with E-state index in [-0.39, 0.29) is 0 Å². The summed E-state index contributed by atoms with van der Waals surface area (Å²) in [5, 5.41) is 4.08. The van der Waals surface area contributed by atoms with Crippen molar-refractivity contribution in [3.63, 3.8) is 0 Å². The lowest BCUT2D eigenvalue weighted by molar-refractivity contribution is -0.137. The first kappa shape index (κ1) is 10.7. The molecule has 0 radical (unpaired) electrons. The summed E-state index contributed by atoms with van der Waals surface area (Å²) in [6.45, 7) is 2.24. The fourth-order valence-corrected chi connectivity index (χ4v) is 2.31. The molecule has 0 fully saturated rings. The van der Waals surface area contributed by atoms with E-state index in [0.717, 1.165) is 36.8 Å².